The summed E-state index contributed by atoms with van der Waals surface area (Å²) in [6.07, 6.45) is 4.46. The molecule has 132 valence electrons. The van der Waals surface area contributed by atoms with Crippen LogP contribution in [0.25, 0.3) is 0 Å². The Hall–Kier alpha value is -2.41. The molecule has 1 aliphatic rings. The fourth-order valence-corrected chi connectivity index (χ4v) is 3.78. The number of hydrogen-bond donors (Lipinski definition) is 2. The number of thiazole rings is 1. The summed E-state index contributed by atoms with van der Waals surface area (Å²) in [5.41, 5.74) is 1.36. The summed E-state index contributed by atoms with van der Waals surface area (Å²) in [6.45, 7) is 3.41. The molecule has 3 rings (SSSR count). The monoisotopic (exact) mass is 358 g/mol. The van der Waals surface area contributed by atoms with Crippen LogP contribution in [-0.2, 0) is 0 Å². The molecular formula is C18H22N4O2S. The van der Waals surface area contributed by atoms with Gasteiger partial charge in [0.05, 0.1) is 5.69 Å². The van der Waals surface area contributed by atoms with Gasteiger partial charge in [-0.2, -0.15) is 0 Å². The van der Waals surface area contributed by atoms with Gasteiger partial charge in [0.2, 0.25) is 0 Å². The van der Waals surface area contributed by atoms with Gasteiger partial charge in [-0.15, -0.1) is 0 Å². The number of anilines is 2. The lowest BCUT2D eigenvalue weighted by molar-refractivity contribution is 0.0765. The molecule has 7 heteroatoms. The summed E-state index contributed by atoms with van der Waals surface area (Å²) in [6, 6.07) is 8.83. The molecule has 0 spiro atoms. The minimum Gasteiger partial charge on any atom is -0.338 e. The first kappa shape index (κ1) is 17.4. The highest BCUT2D eigenvalue weighted by atomic mass is 32.1. The lowest BCUT2D eigenvalue weighted by Crippen LogP contribution is -2.31. The summed E-state index contributed by atoms with van der Waals surface area (Å²) in [4.78, 5) is 31.6. The Labute approximate surface area is 151 Å². The predicted molar refractivity (Wildman–Crippen MR) is 100 cm³/mol. The van der Waals surface area contributed by atoms with Crippen LogP contribution < -0.4 is 10.6 Å². The number of benzene rings is 1. The van der Waals surface area contributed by atoms with Crippen LogP contribution in [0.3, 0.4) is 0 Å². The van der Waals surface area contributed by atoms with Crippen molar-refractivity contribution in [2.24, 2.45) is 0 Å². The third-order valence-electron chi connectivity index (χ3n) is 4.14. The number of hydrogen-bond acceptors (Lipinski definition) is 4. The maximum Gasteiger partial charge on any atom is 0.325 e. The molecule has 1 aliphatic heterocycles. The van der Waals surface area contributed by atoms with Crippen molar-refractivity contribution < 1.29 is 9.59 Å². The standard InChI is InChI=1S/C18H22N4O2S/c1-13-15(16(23)22-11-7-2-3-8-12-22)25-18(19-13)21-17(24)20-14-9-5-4-6-10-14/h4-6,9-10H,2-3,7-8,11-12H2,1H3,(H2,19,20,21,24). The molecule has 3 amide bonds. The normalized spacial score (nSPS) is 14.7. The summed E-state index contributed by atoms with van der Waals surface area (Å²) in [7, 11) is 0. The Morgan fingerprint density at radius 3 is 2.40 bits per heavy atom. The van der Waals surface area contributed by atoms with Crippen molar-refractivity contribution in [2.45, 2.75) is 32.6 Å². The number of amides is 3. The Morgan fingerprint density at radius 1 is 1.04 bits per heavy atom. The van der Waals surface area contributed by atoms with Crippen LogP contribution in [-0.4, -0.2) is 34.9 Å². The lowest BCUT2D eigenvalue weighted by atomic mass is 10.2. The summed E-state index contributed by atoms with van der Waals surface area (Å²) in [5, 5.41) is 5.88. The minimum absolute atomic E-state index is 0.0217. The van der Waals surface area contributed by atoms with Crippen LogP contribution in [0, 0.1) is 6.92 Å². The molecule has 6 nitrogen and oxygen atoms in total. The molecule has 1 fully saturated rings. The van der Waals surface area contributed by atoms with E-state index in [0.717, 1.165) is 25.9 Å². The van der Waals surface area contributed by atoms with E-state index in [9.17, 15) is 9.59 Å². The van der Waals surface area contributed by atoms with Crippen molar-refractivity contribution in [3.63, 3.8) is 0 Å². The van der Waals surface area contributed by atoms with E-state index in [-0.39, 0.29) is 11.9 Å². The first-order valence-corrected chi connectivity index (χ1v) is 9.35. The van der Waals surface area contributed by atoms with Crippen LogP contribution in [0.2, 0.25) is 0 Å². The van der Waals surface area contributed by atoms with Gasteiger partial charge in [-0.05, 0) is 31.9 Å². The van der Waals surface area contributed by atoms with E-state index in [4.69, 9.17) is 0 Å². The number of rotatable bonds is 3. The molecule has 1 saturated heterocycles. The van der Waals surface area contributed by atoms with Crippen molar-refractivity contribution in [3.05, 3.63) is 40.9 Å². The van der Waals surface area contributed by atoms with E-state index in [2.05, 4.69) is 15.6 Å². The Morgan fingerprint density at radius 2 is 1.72 bits per heavy atom. The van der Waals surface area contributed by atoms with Crippen molar-refractivity contribution in [1.82, 2.24) is 9.88 Å². The first-order chi connectivity index (χ1) is 12.1. The lowest BCUT2D eigenvalue weighted by Gasteiger charge is -2.19. The Kier molecular flexibility index (Phi) is 5.65. The maximum absolute atomic E-state index is 12.7. The van der Waals surface area contributed by atoms with Crippen molar-refractivity contribution >= 4 is 34.1 Å². The van der Waals surface area contributed by atoms with Crippen LogP contribution >= 0.6 is 11.3 Å². The maximum atomic E-state index is 12.7. The van der Waals surface area contributed by atoms with E-state index in [1.165, 1.54) is 24.2 Å². The zero-order valence-corrected chi connectivity index (χ0v) is 15.1. The number of carbonyl (C=O) groups is 2. The number of likely N-dealkylation sites (tertiary alicyclic amines) is 1. The largest absolute Gasteiger partial charge is 0.338 e. The van der Waals surface area contributed by atoms with E-state index >= 15 is 0 Å². The number of aromatic nitrogens is 1. The third-order valence-corrected chi connectivity index (χ3v) is 5.20. The molecule has 25 heavy (non-hydrogen) atoms. The van der Waals surface area contributed by atoms with Gasteiger partial charge in [-0.3, -0.25) is 10.1 Å². The zero-order valence-electron chi connectivity index (χ0n) is 14.2. The molecule has 0 bridgehead atoms. The average molecular weight is 358 g/mol. The zero-order chi connectivity index (χ0) is 17.6. The van der Waals surface area contributed by atoms with E-state index < -0.39 is 0 Å². The minimum atomic E-state index is -0.367. The first-order valence-electron chi connectivity index (χ1n) is 8.53. The van der Waals surface area contributed by atoms with Gasteiger partial charge in [0.25, 0.3) is 5.91 Å². The van der Waals surface area contributed by atoms with E-state index in [1.54, 1.807) is 12.1 Å². The number of para-hydroxylation sites is 1. The van der Waals surface area contributed by atoms with Gasteiger partial charge in [-0.1, -0.05) is 42.4 Å². The highest BCUT2D eigenvalue weighted by Gasteiger charge is 2.22. The average Bonchev–Trinajstić information content (AvgIpc) is 2.80. The summed E-state index contributed by atoms with van der Waals surface area (Å²) >= 11 is 1.23. The highest BCUT2D eigenvalue weighted by molar-refractivity contribution is 7.17. The summed E-state index contributed by atoms with van der Waals surface area (Å²) < 4.78 is 0. The molecule has 2 N–H and O–H groups in total. The second-order valence-electron chi connectivity index (χ2n) is 6.09. The van der Waals surface area contributed by atoms with Crippen LogP contribution in [0.1, 0.15) is 41.0 Å². The van der Waals surface area contributed by atoms with Gasteiger partial charge in [-0.25, -0.2) is 9.78 Å². The molecule has 2 heterocycles. The molecule has 0 atom stereocenters. The van der Waals surface area contributed by atoms with Gasteiger partial charge in [0.15, 0.2) is 5.13 Å². The summed E-state index contributed by atoms with van der Waals surface area (Å²) in [5.74, 6) is 0.0217. The SMILES string of the molecule is Cc1nc(NC(=O)Nc2ccccc2)sc1C(=O)N1CCCCCC1. The van der Waals surface area contributed by atoms with Gasteiger partial charge >= 0.3 is 6.03 Å². The van der Waals surface area contributed by atoms with Crippen molar-refractivity contribution in [1.29, 1.82) is 0 Å². The van der Waals surface area contributed by atoms with Crippen molar-refractivity contribution in [2.75, 3.05) is 23.7 Å². The highest BCUT2D eigenvalue weighted by Crippen LogP contribution is 2.25. The molecule has 1 aromatic heterocycles. The van der Waals surface area contributed by atoms with Gasteiger partial charge < -0.3 is 10.2 Å². The van der Waals surface area contributed by atoms with Gasteiger partial charge in [0, 0.05) is 18.8 Å². The molecule has 0 unspecified atom stereocenters. The third kappa shape index (κ3) is 4.57. The fraction of sp³-hybridized carbons (Fsp3) is 0.389. The topological polar surface area (TPSA) is 74.3 Å². The quantitative estimate of drug-likeness (QED) is 0.867. The van der Waals surface area contributed by atoms with Crippen LogP contribution in [0.5, 0.6) is 0 Å². The number of nitrogens with zero attached hydrogens (tertiary/aromatic N) is 2. The van der Waals surface area contributed by atoms with Gasteiger partial charge in [0.1, 0.15) is 4.88 Å². The smallest absolute Gasteiger partial charge is 0.325 e. The van der Waals surface area contributed by atoms with E-state index in [1.807, 2.05) is 30.0 Å². The molecule has 1 aromatic carbocycles. The molecule has 0 aliphatic carbocycles. The second-order valence-corrected chi connectivity index (χ2v) is 7.08. The number of carbonyl (C=O) groups excluding carboxylic acids is 2. The number of nitrogens with one attached hydrogen (secondary N) is 2. The number of urea groups is 1. The van der Waals surface area contributed by atoms with Crippen LogP contribution in [0.4, 0.5) is 15.6 Å². The second kappa shape index (κ2) is 8.11. The van der Waals surface area contributed by atoms with Crippen molar-refractivity contribution in [3.8, 4) is 0 Å². The molecule has 0 radical (unpaired) electrons. The molecule has 2 aromatic rings. The Bertz CT molecular complexity index is 737. The number of aryl methyl sites for hydroxylation is 1. The molecular weight excluding hydrogens is 336 g/mol. The van der Waals surface area contributed by atoms with E-state index in [0.29, 0.717) is 21.4 Å². The molecule has 0 saturated carbocycles. The van der Waals surface area contributed by atoms with Crippen LogP contribution in [0.15, 0.2) is 30.3 Å². The Balaban J connectivity index is 1.65. The fourth-order valence-electron chi connectivity index (χ4n) is 2.85. The predicted octanol–water partition coefficient (Wildman–Crippen LogP) is 4.11.